The van der Waals surface area contributed by atoms with Gasteiger partial charge >= 0.3 is 0 Å². The molecule has 0 bridgehead atoms. The maximum Gasteiger partial charge on any atom is 0.0477 e. The van der Waals surface area contributed by atoms with Crippen LogP contribution in [0.15, 0.2) is 0 Å². The monoisotopic (exact) mass is 247 g/mol. The van der Waals surface area contributed by atoms with Crippen LogP contribution in [0.1, 0.15) is 26.2 Å². The van der Waals surface area contributed by atoms with Crippen LogP contribution in [0.2, 0.25) is 0 Å². The van der Waals surface area contributed by atoms with Crippen LogP contribution in [-0.4, -0.2) is 50.5 Å². The molecule has 0 spiro atoms. The first-order chi connectivity index (χ1) is 7.93. The number of hydrogen-bond acceptors (Lipinski definition) is 4. The summed E-state index contributed by atoms with van der Waals surface area (Å²) in [5.74, 6) is 1.22. The first-order valence-electron chi connectivity index (χ1n) is 6.41. The fourth-order valence-electron chi connectivity index (χ4n) is 1.71. The van der Waals surface area contributed by atoms with Crippen LogP contribution in [-0.2, 0) is 9.47 Å². The van der Waals surface area contributed by atoms with E-state index in [1.54, 1.807) is 0 Å². The standard InChI is InChI=1S/C12H25NO2S/c1-2-14-8-3-6-13-7-11-16-12-4-9-15-10-5-12/h12-13H,2-11H2,1H3. The molecule has 1 aliphatic rings. The number of hydrogen-bond donors (Lipinski definition) is 1. The molecular weight excluding hydrogens is 222 g/mol. The molecule has 0 atom stereocenters. The molecule has 0 aliphatic carbocycles. The van der Waals surface area contributed by atoms with Crippen LogP contribution in [0.4, 0.5) is 0 Å². The largest absolute Gasteiger partial charge is 0.382 e. The Bertz CT molecular complexity index is 152. The van der Waals surface area contributed by atoms with E-state index in [4.69, 9.17) is 9.47 Å². The minimum atomic E-state index is 0.832. The number of ether oxygens (including phenoxy) is 2. The molecule has 96 valence electrons. The summed E-state index contributed by atoms with van der Waals surface area (Å²) < 4.78 is 10.6. The molecule has 16 heavy (non-hydrogen) atoms. The van der Waals surface area contributed by atoms with Crippen LogP contribution >= 0.6 is 11.8 Å². The topological polar surface area (TPSA) is 30.5 Å². The van der Waals surface area contributed by atoms with Crippen molar-refractivity contribution in [2.75, 3.05) is 45.3 Å². The maximum atomic E-state index is 5.34. The summed E-state index contributed by atoms with van der Waals surface area (Å²) in [5, 5.41) is 4.28. The molecule has 1 heterocycles. The third-order valence-electron chi connectivity index (χ3n) is 2.65. The van der Waals surface area contributed by atoms with E-state index in [-0.39, 0.29) is 0 Å². The molecule has 0 aromatic rings. The smallest absolute Gasteiger partial charge is 0.0477 e. The van der Waals surface area contributed by atoms with Gasteiger partial charge in [0.05, 0.1) is 0 Å². The minimum Gasteiger partial charge on any atom is -0.382 e. The average Bonchev–Trinajstić information content (AvgIpc) is 2.34. The maximum absolute atomic E-state index is 5.34. The van der Waals surface area contributed by atoms with Gasteiger partial charge in [0.15, 0.2) is 0 Å². The lowest BCUT2D eigenvalue weighted by molar-refractivity contribution is 0.100. The summed E-state index contributed by atoms with van der Waals surface area (Å²) in [6, 6.07) is 0. The molecule has 1 rings (SSSR count). The quantitative estimate of drug-likeness (QED) is 0.631. The van der Waals surface area contributed by atoms with Crippen molar-refractivity contribution in [3.05, 3.63) is 0 Å². The van der Waals surface area contributed by atoms with Gasteiger partial charge in [-0.2, -0.15) is 11.8 Å². The van der Waals surface area contributed by atoms with E-state index < -0.39 is 0 Å². The van der Waals surface area contributed by atoms with Crippen LogP contribution in [0.5, 0.6) is 0 Å². The van der Waals surface area contributed by atoms with Crippen molar-refractivity contribution in [2.45, 2.75) is 31.4 Å². The van der Waals surface area contributed by atoms with Gasteiger partial charge in [0.25, 0.3) is 0 Å². The van der Waals surface area contributed by atoms with Crippen molar-refractivity contribution in [1.29, 1.82) is 0 Å². The van der Waals surface area contributed by atoms with Crippen LogP contribution < -0.4 is 5.32 Å². The Morgan fingerprint density at radius 3 is 2.88 bits per heavy atom. The summed E-state index contributed by atoms with van der Waals surface area (Å²) in [7, 11) is 0. The molecule has 0 aromatic carbocycles. The van der Waals surface area contributed by atoms with E-state index in [0.717, 1.165) is 51.2 Å². The lowest BCUT2D eigenvalue weighted by Gasteiger charge is -2.21. The van der Waals surface area contributed by atoms with E-state index in [2.05, 4.69) is 17.1 Å². The minimum absolute atomic E-state index is 0.832. The summed E-state index contributed by atoms with van der Waals surface area (Å²) >= 11 is 2.09. The van der Waals surface area contributed by atoms with E-state index in [0.29, 0.717) is 0 Å². The van der Waals surface area contributed by atoms with Gasteiger partial charge in [0.2, 0.25) is 0 Å². The zero-order valence-corrected chi connectivity index (χ0v) is 11.2. The van der Waals surface area contributed by atoms with Gasteiger partial charge in [-0.15, -0.1) is 0 Å². The molecule has 1 saturated heterocycles. The Kier molecular flexibility index (Phi) is 9.28. The average molecular weight is 247 g/mol. The Morgan fingerprint density at radius 2 is 2.12 bits per heavy atom. The molecule has 1 N–H and O–H groups in total. The first kappa shape index (κ1) is 14.3. The fraction of sp³-hybridized carbons (Fsp3) is 1.00. The highest BCUT2D eigenvalue weighted by Gasteiger charge is 2.13. The van der Waals surface area contributed by atoms with Crippen molar-refractivity contribution in [1.82, 2.24) is 5.32 Å². The zero-order valence-electron chi connectivity index (χ0n) is 10.4. The number of rotatable bonds is 9. The van der Waals surface area contributed by atoms with Gasteiger partial charge in [0.1, 0.15) is 0 Å². The highest BCUT2D eigenvalue weighted by atomic mass is 32.2. The van der Waals surface area contributed by atoms with Gasteiger partial charge in [-0.25, -0.2) is 0 Å². The Morgan fingerprint density at radius 1 is 1.31 bits per heavy atom. The molecule has 0 saturated carbocycles. The van der Waals surface area contributed by atoms with Gasteiger partial charge < -0.3 is 14.8 Å². The van der Waals surface area contributed by atoms with Crippen molar-refractivity contribution >= 4 is 11.8 Å². The van der Waals surface area contributed by atoms with Gasteiger partial charge in [-0.3, -0.25) is 0 Å². The Balaban J connectivity index is 1.77. The Labute approximate surface area is 104 Å². The first-order valence-corrected chi connectivity index (χ1v) is 7.46. The van der Waals surface area contributed by atoms with E-state index in [1.807, 2.05) is 6.92 Å². The third kappa shape index (κ3) is 7.49. The van der Waals surface area contributed by atoms with Crippen LogP contribution in [0, 0.1) is 0 Å². The summed E-state index contributed by atoms with van der Waals surface area (Å²) in [6.45, 7) is 7.87. The second-order valence-electron chi connectivity index (χ2n) is 3.98. The molecular formula is C12H25NO2S. The molecule has 3 nitrogen and oxygen atoms in total. The lowest BCUT2D eigenvalue weighted by Crippen LogP contribution is -2.23. The lowest BCUT2D eigenvalue weighted by atomic mass is 10.2. The second-order valence-corrected chi connectivity index (χ2v) is 5.39. The highest BCUT2D eigenvalue weighted by molar-refractivity contribution is 7.99. The second kappa shape index (κ2) is 10.4. The van der Waals surface area contributed by atoms with Crippen LogP contribution in [0.25, 0.3) is 0 Å². The van der Waals surface area contributed by atoms with Gasteiger partial charge in [-0.1, -0.05) is 0 Å². The molecule has 1 fully saturated rings. The molecule has 0 amide bonds. The van der Waals surface area contributed by atoms with Crippen LogP contribution in [0.3, 0.4) is 0 Å². The molecule has 0 radical (unpaired) electrons. The van der Waals surface area contributed by atoms with Gasteiger partial charge in [0, 0.05) is 44.0 Å². The molecule has 0 aromatic heterocycles. The molecule has 4 heteroatoms. The molecule has 1 aliphatic heterocycles. The summed E-state index contributed by atoms with van der Waals surface area (Å²) in [6.07, 6.45) is 3.58. The zero-order chi connectivity index (χ0) is 11.5. The van der Waals surface area contributed by atoms with E-state index in [9.17, 15) is 0 Å². The fourth-order valence-corrected chi connectivity index (χ4v) is 2.83. The Hall–Kier alpha value is 0.230. The summed E-state index contributed by atoms with van der Waals surface area (Å²) in [4.78, 5) is 0. The SMILES string of the molecule is CCOCCCNCCSC1CCOCC1. The van der Waals surface area contributed by atoms with E-state index in [1.165, 1.54) is 18.6 Å². The molecule has 0 unspecified atom stereocenters. The summed E-state index contributed by atoms with van der Waals surface area (Å²) in [5.41, 5.74) is 0. The number of nitrogens with one attached hydrogen (secondary N) is 1. The number of thioether (sulfide) groups is 1. The van der Waals surface area contributed by atoms with Crippen molar-refractivity contribution < 1.29 is 9.47 Å². The predicted molar refractivity (Wildman–Crippen MR) is 70.3 cm³/mol. The van der Waals surface area contributed by atoms with Crippen molar-refractivity contribution in [2.24, 2.45) is 0 Å². The van der Waals surface area contributed by atoms with Crippen molar-refractivity contribution in [3.63, 3.8) is 0 Å². The highest BCUT2D eigenvalue weighted by Crippen LogP contribution is 2.21. The third-order valence-corrected chi connectivity index (χ3v) is 4.03. The van der Waals surface area contributed by atoms with Gasteiger partial charge in [-0.05, 0) is 32.7 Å². The van der Waals surface area contributed by atoms with E-state index >= 15 is 0 Å². The predicted octanol–water partition coefficient (Wildman–Crippen LogP) is 1.91. The normalized spacial score (nSPS) is 17.8. The van der Waals surface area contributed by atoms with Crippen molar-refractivity contribution in [3.8, 4) is 0 Å².